The van der Waals surface area contributed by atoms with Gasteiger partial charge in [-0.1, -0.05) is 13.8 Å². The first kappa shape index (κ1) is 15.2. The smallest absolute Gasteiger partial charge is 0.0707 e. The second-order valence-electron chi connectivity index (χ2n) is 5.94. The highest BCUT2D eigenvalue weighted by atomic mass is 16.5. The summed E-state index contributed by atoms with van der Waals surface area (Å²) in [7, 11) is 2.01. The second kappa shape index (κ2) is 7.58. The first-order chi connectivity index (χ1) is 9.26. The molecule has 2 aliphatic rings. The predicted molar refractivity (Wildman–Crippen MR) is 79.6 cm³/mol. The fraction of sp³-hybridized carbons (Fsp3) is 1.00. The van der Waals surface area contributed by atoms with E-state index in [1.54, 1.807) is 0 Å². The summed E-state index contributed by atoms with van der Waals surface area (Å²) in [4.78, 5) is 5.20. The molecule has 0 aromatic heterocycles. The van der Waals surface area contributed by atoms with Gasteiger partial charge in [0.15, 0.2) is 0 Å². The Labute approximate surface area is 118 Å². The Morgan fingerprint density at radius 3 is 2.58 bits per heavy atom. The molecule has 2 aliphatic heterocycles. The summed E-state index contributed by atoms with van der Waals surface area (Å²) in [6.45, 7) is 11.5. The van der Waals surface area contributed by atoms with Crippen molar-refractivity contribution in [1.29, 1.82) is 0 Å². The van der Waals surface area contributed by atoms with E-state index in [2.05, 4.69) is 29.0 Å². The number of nitrogens with zero attached hydrogens (tertiary/aromatic N) is 2. The lowest BCUT2D eigenvalue weighted by Crippen LogP contribution is -2.39. The number of hydrogen-bond acceptors (Lipinski definition) is 4. The van der Waals surface area contributed by atoms with Gasteiger partial charge in [0.1, 0.15) is 0 Å². The van der Waals surface area contributed by atoms with E-state index in [0.717, 1.165) is 19.1 Å². The van der Waals surface area contributed by atoms with Crippen LogP contribution in [0.5, 0.6) is 0 Å². The third-order valence-corrected chi connectivity index (χ3v) is 4.67. The summed E-state index contributed by atoms with van der Waals surface area (Å²) in [5.41, 5.74) is 0. The van der Waals surface area contributed by atoms with Gasteiger partial charge in [-0.15, -0.1) is 0 Å². The zero-order valence-corrected chi connectivity index (χ0v) is 12.9. The summed E-state index contributed by atoms with van der Waals surface area (Å²) in [6.07, 6.45) is 4.69. The Kier molecular flexibility index (Phi) is 6.07. The number of hydrogen-bond donors (Lipinski definition) is 1. The average Bonchev–Trinajstić information content (AvgIpc) is 3.02. The van der Waals surface area contributed by atoms with Crippen molar-refractivity contribution in [2.45, 2.75) is 51.4 Å². The molecule has 19 heavy (non-hydrogen) atoms. The summed E-state index contributed by atoms with van der Waals surface area (Å²) in [5.74, 6) is 0. The van der Waals surface area contributed by atoms with Crippen LogP contribution in [0, 0.1) is 0 Å². The van der Waals surface area contributed by atoms with E-state index in [4.69, 9.17) is 4.74 Å². The highest BCUT2D eigenvalue weighted by Gasteiger charge is 2.31. The molecule has 1 N–H and O–H groups in total. The zero-order chi connectivity index (χ0) is 13.7. The quantitative estimate of drug-likeness (QED) is 0.751. The molecule has 0 amide bonds. The molecule has 2 saturated heterocycles. The van der Waals surface area contributed by atoms with Crippen LogP contribution in [0.15, 0.2) is 0 Å². The summed E-state index contributed by atoms with van der Waals surface area (Å²) in [5, 5.41) is 3.22. The standard InChI is InChI=1S/C15H31N3O/c1-4-18(5-2)13-8-9-17(11-13)12-15-7-6-14(19-15)10-16-3/h13-16H,4-12H2,1-3H3. The summed E-state index contributed by atoms with van der Waals surface area (Å²) >= 11 is 0. The monoisotopic (exact) mass is 269 g/mol. The molecule has 4 heteroatoms. The van der Waals surface area contributed by atoms with Gasteiger partial charge in [0.25, 0.3) is 0 Å². The minimum absolute atomic E-state index is 0.441. The van der Waals surface area contributed by atoms with Crippen LogP contribution >= 0.6 is 0 Å². The highest BCUT2D eigenvalue weighted by Crippen LogP contribution is 2.22. The van der Waals surface area contributed by atoms with Crippen LogP contribution in [0.4, 0.5) is 0 Å². The Bertz CT molecular complexity index is 258. The molecule has 3 atom stereocenters. The lowest BCUT2D eigenvalue weighted by molar-refractivity contribution is 0.0271. The van der Waals surface area contributed by atoms with Crippen molar-refractivity contribution in [3.63, 3.8) is 0 Å². The maximum absolute atomic E-state index is 6.09. The highest BCUT2D eigenvalue weighted by molar-refractivity contribution is 4.85. The molecule has 0 radical (unpaired) electrons. The van der Waals surface area contributed by atoms with E-state index < -0.39 is 0 Å². The van der Waals surface area contributed by atoms with Gasteiger partial charge in [-0.25, -0.2) is 0 Å². The van der Waals surface area contributed by atoms with Gasteiger partial charge in [-0.3, -0.25) is 9.80 Å². The van der Waals surface area contributed by atoms with Gasteiger partial charge in [-0.05, 0) is 45.9 Å². The SMILES string of the molecule is CCN(CC)C1CCN(CC2CCC(CNC)O2)C1. The van der Waals surface area contributed by atoms with Crippen molar-refractivity contribution in [1.82, 2.24) is 15.1 Å². The Morgan fingerprint density at radius 2 is 1.89 bits per heavy atom. The second-order valence-corrected chi connectivity index (χ2v) is 5.94. The molecule has 0 spiro atoms. The summed E-state index contributed by atoms with van der Waals surface area (Å²) < 4.78 is 6.09. The summed E-state index contributed by atoms with van der Waals surface area (Å²) in [6, 6.07) is 0.768. The molecule has 2 fully saturated rings. The Balaban J connectivity index is 1.71. The number of rotatable bonds is 7. The minimum atomic E-state index is 0.441. The fourth-order valence-corrected chi connectivity index (χ4v) is 3.60. The molecule has 0 aromatic carbocycles. The molecule has 4 nitrogen and oxygen atoms in total. The topological polar surface area (TPSA) is 27.7 Å². The van der Waals surface area contributed by atoms with Crippen molar-refractivity contribution in [3.8, 4) is 0 Å². The van der Waals surface area contributed by atoms with Gasteiger partial charge in [0.2, 0.25) is 0 Å². The lowest BCUT2D eigenvalue weighted by atomic mass is 10.2. The molecular formula is C15H31N3O. The van der Waals surface area contributed by atoms with Crippen molar-refractivity contribution in [3.05, 3.63) is 0 Å². The third kappa shape index (κ3) is 4.15. The molecule has 0 bridgehead atoms. The molecule has 0 saturated carbocycles. The minimum Gasteiger partial charge on any atom is -0.372 e. The number of likely N-dealkylation sites (tertiary alicyclic amines) is 1. The Hall–Kier alpha value is -0.160. The molecule has 112 valence electrons. The van der Waals surface area contributed by atoms with Gasteiger partial charge >= 0.3 is 0 Å². The largest absolute Gasteiger partial charge is 0.372 e. The van der Waals surface area contributed by atoms with Gasteiger partial charge in [0.05, 0.1) is 12.2 Å². The van der Waals surface area contributed by atoms with E-state index in [1.807, 2.05) is 7.05 Å². The van der Waals surface area contributed by atoms with Crippen LogP contribution in [-0.2, 0) is 4.74 Å². The zero-order valence-electron chi connectivity index (χ0n) is 12.9. The van der Waals surface area contributed by atoms with Crippen molar-refractivity contribution in [2.75, 3.05) is 46.3 Å². The Morgan fingerprint density at radius 1 is 1.16 bits per heavy atom. The maximum atomic E-state index is 6.09. The van der Waals surface area contributed by atoms with Crippen LogP contribution in [0.25, 0.3) is 0 Å². The first-order valence-electron chi connectivity index (χ1n) is 8.03. The van der Waals surface area contributed by atoms with Crippen LogP contribution < -0.4 is 5.32 Å². The number of ether oxygens (including phenoxy) is 1. The number of nitrogens with one attached hydrogen (secondary N) is 1. The first-order valence-corrected chi connectivity index (χ1v) is 8.03. The maximum Gasteiger partial charge on any atom is 0.0707 e. The molecular weight excluding hydrogens is 238 g/mol. The van der Waals surface area contributed by atoms with E-state index in [1.165, 1.54) is 45.4 Å². The van der Waals surface area contributed by atoms with Crippen LogP contribution in [0.3, 0.4) is 0 Å². The predicted octanol–water partition coefficient (Wildman–Crippen LogP) is 1.17. The van der Waals surface area contributed by atoms with Crippen LogP contribution in [0.1, 0.15) is 33.1 Å². The number of likely N-dealkylation sites (N-methyl/N-ethyl adjacent to an activating group) is 2. The fourth-order valence-electron chi connectivity index (χ4n) is 3.60. The van der Waals surface area contributed by atoms with Crippen LogP contribution in [0.2, 0.25) is 0 Å². The van der Waals surface area contributed by atoms with Crippen molar-refractivity contribution < 1.29 is 4.74 Å². The van der Waals surface area contributed by atoms with E-state index in [-0.39, 0.29) is 0 Å². The average molecular weight is 269 g/mol. The van der Waals surface area contributed by atoms with Crippen molar-refractivity contribution >= 4 is 0 Å². The molecule has 2 rings (SSSR count). The molecule has 3 unspecified atom stereocenters. The van der Waals surface area contributed by atoms with Gasteiger partial charge in [0, 0.05) is 25.7 Å². The molecule has 0 aliphatic carbocycles. The third-order valence-electron chi connectivity index (χ3n) is 4.67. The van der Waals surface area contributed by atoms with Gasteiger partial charge < -0.3 is 10.1 Å². The van der Waals surface area contributed by atoms with E-state index >= 15 is 0 Å². The lowest BCUT2D eigenvalue weighted by Gasteiger charge is -2.27. The van der Waals surface area contributed by atoms with E-state index in [0.29, 0.717) is 12.2 Å². The normalized spacial score (nSPS) is 32.5. The molecule has 2 heterocycles. The van der Waals surface area contributed by atoms with Gasteiger partial charge in [-0.2, -0.15) is 0 Å². The molecule has 0 aromatic rings. The van der Waals surface area contributed by atoms with Crippen molar-refractivity contribution in [2.24, 2.45) is 0 Å². The van der Waals surface area contributed by atoms with Crippen LogP contribution in [-0.4, -0.2) is 74.4 Å². The van der Waals surface area contributed by atoms with E-state index in [9.17, 15) is 0 Å².